The first-order valence-corrected chi connectivity index (χ1v) is 11.9. The minimum atomic E-state index is -0.532. The Kier molecular flexibility index (Phi) is 6.08. The van der Waals surface area contributed by atoms with Gasteiger partial charge in [-0.3, -0.25) is 9.59 Å². The van der Waals surface area contributed by atoms with E-state index in [1.165, 1.54) is 24.5 Å². The number of rotatable bonds is 4. The maximum atomic E-state index is 14.5. The number of aromatic nitrogens is 4. The third-order valence-electron chi connectivity index (χ3n) is 5.78. The van der Waals surface area contributed by atoms with Gasteiger partial charge in [-0.2, -0.15) is 0 Å². The van der Waals surface area contributed by atoms with Gasteiger partial charge in [0, 0.05) is 44.9 Å². The van der Waals surface area contributed by atoms with Crippen molar-refractivity contribution >= 4 is 45.1 Å². The van der Waals surface area contributed by atoms with Crippen LogP contribution in [0.2, 0.25) is 0 Å². The monoisotopic (exact) mass is 491 g/mol. The molecule has 3 aromatic heterocycles. The molecule has 0 atom stereocenters. The van der Waals surface area contributed by atoms with Crippen LogP contribution < -0.4 is 5.32 Å². The Hall–Kier alpha value is -3.99. The lowest BCUT2D eigenvalue weighted by Crippen LogP contribution is -2.50. The van der Waals surface area contributed by atoms with Crippen molar-refractivity contribution in [1.82, 2.24) is 29.7 Å². The molecule has 1 N–H and O–H groups in total. The molecule has 11 heteroatoms. The average Bonchev–Trinajstić information content (AvgIpc) is 3.24. The lowest BCUT2D eigenvalue weighted by Gasteiger charge is -2.34. The molecule has 1 aliphatic rings. The standard InChI is InChI=1S/C24H22FN7O2S/c1-14-28-19-5-3-16(11-20(19)35-14)22-18(25)13-27-24(30-22)29-21-6-4-17(12-26-21)23(34)32-9-7-31(8-10-32)15(2)33/h3-6,11-13H,7-10H2,1-2H3,(H,26,27,29,30). The van der Waals surface area contributed by atoms with Gasteiger partial charge in [0.25, 0.3) is 5.91 Å². The molecule has 1 aromatic carbocycles. The molecular weight excluding hydrogens is 469 g/mol. The fourth-order valence-electron chi connectivity index (χ4n) is 3.93. The molecule has 4 heterocycles. The highest BCUT2D eigenvalue weighted by atomic mass is 32.1. The lowest BCUT2D eigenvalue weighted by atomic mass is 10.1. The van der Waals surface area contributed by atoms with Gasteiger partial charge in [-0.1, -0.05) is 6.07 Å². The largest absolute Gasteiger partial charge is 0.339 e. The van der Waals surface area contributed by atoms with Crippen molar-refractivity contribution < 1.29 is 14.0 Å². The molecule has 9 nitrogen and oxygen atoms in total. The molecule has 0 unspecified atom stereocenters. The number of hydrogen-bond acceptors (Lipinski definition) is 8. The smallest absolute Gasteiger partial charge is 0.255 e. The Morgan fingerprint density at radius 3 is 2.49 bits per heavy atom. The van der Waals surface area contributed by atoms with Gasteiger partial charge in [-0.05, 0) is 31.2 Å². The second-order valence-electron chi connectivity index (χ2n) is 8.16. The molecule has 1 aliphatic heterocycles. The minimum Gasteiger partial charge on any atom is -0.339 e. The Morgan fingerprint density at radius 1 is 1.00 bits per heavy atom. The predicted octanol–water partition coefficient (Wildman–Crippen LogP) is 3.64. The summed E-state index contributed by atoms with van der Waals surface area (Å²) >= 11 is 1.54. The van der Waals surface area contributed by atoms with Gasteiger partial charge in [0.1, 0.15) is 11.5 Å². The second-order valence-corrected chi connectivity index (χ2v) is 9.40. The van der Waals surface area contributed by atoms with Crippen molar-refractivity contribution in [1.29, 1.82) is 0 Å². The van der Waals surface area contributed by atoms with Crippen molar-refractivity contribution in [2.24, 2.45) is 0 Å². The summed E-state index contributed by atoms with van der Waals surface area (Å²) < 4.78 is 15.5. The summed E-state index contributed by atoms with van der Waals surface area (Å²) in [6.45, 7) is 5.47. The number of benzene rings is 1. The quantitative estimate of drug-likeness (QED) is 0.465. The van der Waals surface area contributed by atoms with E-state index in [2.05, 4.69) is 25.3 Å². The maximum Gasteiger partial charge on any atom is 0.255 e. The number of thiazole rings is 1. The molecule has 178 valence electrons. The van der Waals surface area contributed by atoms with Gasteiger partial charge in [0.2, 0.25) is 11.9 Å². The first kappa shape index (κ1) is 22.8. The van der Waals surface area contributed by atoms with E-state index in [1.54, 1.807) is 28.0 Å². The molecule has 0 saturated carbocycles. The number of nitrogens with one attached hydrogen (secondary N) is 1. The zero-order valence-electron chi connectivity index (χ0n) is 19.2. The Balaban J connectivity index is 1.30. The van der Waals surface area contributed by atoms with Crippen molar-refractivity contribution in [2.45, 2.75) is 13.8 Å². The number of amides is 2. The summed E-state index contributed by atoms with van der Waals surface area (Å²) in [6, 6.07) is 8.81. The zero-order valence-corrected chi connectivity index (χ0v) is 20.0. The first-order valence-electron chi connectivity index (χ1n) is 11.1. The van der Waals surface area contributed by atoms with Crippen LogP contribution in [0.4, 0.5) is 16.2 Å². The molecule has 1 fully saturated rings. The topological polar surface area (TPSA) is 104 Å². The Morgan fingerprint density at radius 2 is 1.77 bits per heavy atom. The number of fused-ring (bicyclic) bond motifs is 1. The van der Waals surface area contributed by atoms with Crippen LogP contribution in [0.5, 0.6) is 0 Å². The summed E-state index contributed by atoms with van der Waals surface area (Å²) in [4.78, 5) is 44.8. The zero-order chi connectivity index (χ0) is 24.5. The summed E-state index contributed by atoms with van der Waals surface area (Å²) in [5.41, 5.74) is 2.11. The van der Waals surface area contributed by atoms with Crippen LogP contribution in [0.15, 0.2) is 42.7 Å². The van der Waals surface area contributed by atoms with E-state index >= 15 is 0 Å². The molecule has 0 spiro atoms. The second kappa shape index (κ2) is 9.34. The lowest BCUT2D eigenvalue weighted by molar-refractivity contribution is -0.130. The highest BCUT2D eigenvalue weighted by molar-refractivity contribution is 7.18. The highest BCUT2D eigenvalue weighted by Crippen LogP contribution is 2.29. The molecule has 1 saturated heterocycles. The van der Waals surface area contributed by atoms with Gasteiger partial charge in [0.15, 0.2) is 5.82 Å². The number of carbonyl (C=O) groups excluding carboxylic acids is 2. The van der Waals surface area contributed by atoms with E-state index < -0.39 is 5.82 Å². The Bertz CT molecular complexity index is 1420. The third-order valence-corrected chi connectivity index (χ3v) is 6.71. The van der Waals surface area contributed by atoms with Crippen LogP contribution in [0.1, 0.15) is 22.3 Å². The van der Waals surface area contributed by atoms with E-state index in [-0.39, 0.29) is 23.5 Å². The highest BCUT2D eigenvalue weighted by Gasteiger charge is 2.23. The van der Waals surface area contributed by atoms with E-state index in [9.17, 15) is 14.0 Å². The number of piperazine rings is 1. The van der Waals surface area contributed by atoms with Crippen LogP contribution in [0.3, 0.4) is 0 Å². The normalized spacial score (nSPS) is 13.8. The first-order chi connectivity index (χ1) is 16.9. The van der Waals surface area contributed by atoms with Crippen LogP contribution >= 0.6 is 11.3 Å². The number of nitrogens with zero attached hydrogens (tertiary/aromatic N) is 6. The summed E-state index contributed by atoms with van der Waals surface area (Å²) in [7, 11) is 0. The van der Waals surface area contributed by atoms with E-state index in [1.807, 2.05) is 19.1 Å². The molecule has 0 aliphatic carbocycles. The number of carbonyl (C=O) groups is 2. The van der Waals surface area contributed by atoms with Crippen molar-refractivity contribution in [2.75, 3.05) is 31.5 Å². The number of halogens is 1. The van der Waals surface area contributed by atoms with Crippen LogP contribution in [0.25, 0.3) is 21.5 Å². The molecule has 4 aromatic rings. The number of hydrogen-bond donors (Lipinski definition) is 1. The fraction of sp³-hybridized carbons (Fsp3) is 0.250. The Labute approximate surface area is 204 Å². The number of aryl methyl sites for hydroxylation is 1. The van der Waals surface area contributed by atoms with Crippen molar-refractivity contribution in [3.8, 4) is 11.3 Å². The maximum absolute atomic E-state index is 14.5. The third kappa shape index (κ3) is 4.80. The molecule has 2 amide bonds. The van der Waals surface area contributed by atoms with E-state index in [0.29, 0.717) is 43.1 Å². The minimum absolute atomic E-state index is 0.0135. The van der Waals surface area contributed by atoms with Gasteiger partial charge in [-0.25, -0.2) is 24.3 Å². The molecule has 0 radical (unpaired) electrons. The van der Waals surface area contributed by atoms with Gasteiger partial charge in [0.05, 0.1) is 27.0 Å². The van der Waals surface area contributed by atoms with Gasteiger partial charge >= 0.3 is 0 Å². The van der Waals surface area contributed by atoms with Crippen molar-refractivity contribution in [3.05, 3.63) is 59.1 Å². The molecular formula is C24H22FN7O2S. The SMILES string of the molecule is CC(=O)N1CCN(C(=O)c2ccc(Nc3ncc(F)c(-c4ccc5nc(C)sc5c4)n3)nc2)CC1. The predicted molar refractivity (Wildman–Crippen MR) is 131 cm³/mol. The van der Waals surface area contributed by atoms with E-state index in [4.69, 9.17) is 0 Å². The molecule has 0 bridgehead atoms. The fourth-order valence-corrected chi connectivity index (χ4v) is 4.80. The summed E-state index contributed by atoms with van der Waals surface area (Å²) in [5, 5.41) is 3.91. The average molecular weight is 492 g/mol. The summed E-state index contributed by atoms with van der Waals surface area (Å²) in [6.07, 6.45) is 2.60. The van der Waals surface area contributed by atoms with Crippen LogP contribution in [0, 0.1) is 12.7 Å². The van der Waals surface area contributed by atoms with Crippen molar-refractivity contribution in [3.63, 3.8) is 0 Å². The number of anilines is 2. The summed E-state index contributed by atoms with van der Waals surface area (Å²) in [5.74, 6) is -0.0429. The van der Waals surface area contributed by atoms with Gasteiger partial charge in [-0.15, -0.1) is 11.3 Å². The van der Waals surface area contributed by atoms with Crippen LogP contribution in [-0.4, -0.2) is 67.7 Å². The number of pyridine rings is 1. The van der Waals surface area contributed by atoms with Gasteiger partial charge < -0.3 is 15.1 Å². The van der Waals surface area contributed by atoms with Crippen LogP contribution in [-0.2, 0) is 4.79 Å². The molecule has 5 rings (SSSR count). The van der Waals surface area contributed by atoms with E-state index in [0.717, 1.165) is 21.4 Å². The molecule has 35 heavy (non-hydrogen) atoms.